The second kappa shape index (κ2) is 6.74. The Kier molecular flexibility index (Phi) is 4.95. The fraction of sp³-hybridized carbons (Fsp3) is 0.444. The van der Waals surface area contributed by atoms with Gasteiger partial charge in [-0.3, -0.25) is 14.4 Å². The number of ketones is 2. The molecule has 1 fully saturated rings. The molecule has 0 saturated heterocycles. The zero-order valence-corrected chi connectivity index (χ0v) is 13.6. The van der Waals surface area contributed by atoms with Crippen molar-refractivity contribution in [2.24, 2.45) is 5.92 Å². The fourth-order valence-electron chi connectivity index (χ4n) is 3.41. The van der Waals surface area contributed by atoms with Crippen molar-refractivity contribution in [2.45, 2.75) is 39.5 Å². The average molecular weight is 312 g/mol. The largest absolute Gasteiger partial charge is 0.343 e. The summed E-state index contributed by atoms with van der Waals surface area (Å²) in [5, 5.41) is 10.9. The molecule has 1 N–H and O–H groups in total. The van der Waals surface area contributed by atoms with Crippen LogP contribution in [0.15, 0.2) is 12.1 Å². The molecule has 1 aliphatic rings. The van der Waals surface area contributed by atoms with E-state index in [9.17, 15) is 14.4 Å². The van der Waals surface area contributed by atoms with Crippen molar-refractivity contribution in [1.29, 1.82) is 5.26 Å². The molecule has 0 bridgehead atoms. The molecule has 120 valence electrons. The van der Waals surface area contributed by atoms with Crippen LogP contribution in [0.1, 0.15) is 41.0 Å². The van der Waals surface area contributed by atoms with Crippen molar-refractivity contribution >= 4 is 17.5 Å². The van der Waals surface area contributed by atoms with Crippen LogP contribution in [0, 0.1) is 38.0 Å². The molecule has 2 rings (SSSR count). The SMILES string of the molecule is Cc1cc(C)c(C2C(=O)CC(CC(=O)NCC#N)C2=O)c(C)c1. The molecule has 1 aliphatic carbocycles. The van der Waals surface area contributed by atoms with E-state index in [1.54, 1.807) is 0 Å². The minimum atomic E-state index is -0.760. The van der Waals surface area contributed by atoms with E-state index in [0.29, 0.717) is 0 Å². The van der Waals surface area contributed by atoms with Gasteiger partial charge in [-0.1, -0.05) is 17.7 Å². The van der Waals surface area contributed by atoms with Gasteiger partial charge in [-0.25, -0.2) is 0 Å². The Morgan fingerprint density at radius 1 is 1.26 bits per heavy atom. The zero-order chi connectivity index (χ0) is 17.1. The quantitative estimate of drug-likeness (QED) is 0.679. The molecule has 5 heteroatoms. The molecule has 2 atom stereocenters. The lowest BCUT2D eigenvalue weighted by molar-refractivity contribution is -0.128. The number of aryl methyl sites for hydroxylation is 3. The Labute approximate surface area is 135 Å². The topological polar surface area (TPSA) is 87.0 Å². The number of nitriles is 1. The van der Waals surface area contributed by atoms with Crippen LogP contribution in [0.5, 0.6) is 0 Å². The summed E-state index contributed by atoms with van der Waals surface area (Å²) in [6, 6.07) is 5.75. The molecule has 1 aromatic carbocycles. The number of hydrogen-bond acceptors (Lipinski definition) is 4. The van der Waals surface area contributed by atoms with Crippen molar-refractivity contribution in [3.05, 3.63) is 34.4 Å². The summed E-state index contributed by atoms with van der Waals surface area (Å²) in [7, 11) is 0. The standard InChI is InChI=1S/C18H20N2O3/c1-10-6-11(2)16(12(3)7-10)17-14(21)8-13(18(17)23)9-15(22)20-5-4-19/h6-7,13,17H,5,8-9H2,1-3H3,(H,20,22). The van der Waals surface area contributed by atoms with Crippen molar-refractivity contribution in [1.82, 2.24) is 5.32 Å². The highest BCUT2D eigenvalue weighted by Crippen LogP contribution is 2.37. The molecule has 0 spiro atoms. The highest BCUT2D eigenvalue weighted by molar-refractivity contribution is 6.15. The highest BCUT2D eigenvalue weighted by atomic mass is 16.2. The van der Waals surface area contributed by atoms with Crippen LogP contribution in [0.25, 0.3) is 0 Å². The normalized spacial score (nSPS) is 20.4. The van der Waals surface area contributed by atoms with Gasteiger partial charge in [-0.05, 0) is 37.5 Å². The zero-order valence-electron chi connectivity index (χ0n) is 13.6. The maximum atomic E-state index is 12.6. The summed E-state index contributed by atoms with van der Waals surface area (Å²) in [6.07, 6.45) is 0.0585. The first-order valence-electron chi connectivity index (χ1n) is 7.63. The molecular formula is C18H20N2O3. The van der Waals surface area contributed by atoms with Crippen LogP contribution in [0.3, 0.4) is 0 Å². The van der Waals surface area contributed by atoms with Crippen molar-refractivity contribution in [3.63, 3.8) is 0 Å². The molecule has 0 heterocycles. The Balaban J connectivity index is 2.23. The number of nitrogens with one attached hydrogen (secondary N) is 1. The van der Waals surface area contributed by atoms with Gasteiger partial charge in [0.2, 0.25) is 5.91 Å². The molecule has 1 aromatic rings. The predicted molar refractivity (Wildman–Crippen MR) is 84.8 cm³/mol. The molecule has 2 unspecified atom stereocenters. The fourth-order valence-corrected chi connectivity index (χ4v) is 3.41. The Morgan fingerprint density at radius 3 is 2.43 bits per heavy atom. The van der Waals surface area contributed by atoms with E-state index >= 15 is 0 Å². The summed E-state index contributed by atoms with van der Waals surface area (Å²) in [6.45, 7) is 5.70. The first kappa shape index (κ1) is 16.9. The van der Waals surface area contributed by atoms with Gasteiger partial charge < -0.3 is 5.32 Å². The molecular weight excluding hydrogens is 292 g/mol. The molecule has 0 aromatic heterocycles. The number of amides is 1. The summed E-state index contributed by atoms with van der Waals surface area (Å²) in [4.78, 5) is 36.7. The first-order chi connectivity index (χ1) is 10.8. The lowest BCUT2D eigenvalue weighted by Crippen LogP contribution is -2.27. The number of nitrogens with zero attached hydrogens (tertiary/aromatic N) is 1. The van der Waals surface area contributed by atoms with Gasteiger partial charge >= 0.3 is 0 Å². The number of hydrogen-bond donors (Lipinski definition) is 1. The van der Waals surface area contributed by atoms with Crippen LogP contribution < -0.4 is 5.32 Å². The van der Waals surface area contributed by atoms with Gasteiger partial charge in [0.15, 0.2) is 5.78 Å². The van der Waals surface area contributed by atoms with Crippen molar-refractivity contribution in [3.8, 4) is 6.07 Å². The summed E-state index contributed by atoms with van der Waals surface area (Å²) >= 11 is 0. The average Bonchev–Trinajstić information content (AvgIpc) is 2.72. The Hall–Kier alpha value is -2.48. The van der Waals surface area contributed by atoms with Crippen LogP contribution in [0.4, 0.5) is 0 Å². The van der Waals surface area contributed by atoms with Crippen molar-refractivity contribution < 1.29 is 14.4 Å². The van der Waals surface area contributed by atoms with Crippen LogP contribution >= 0.6 is 0 Å². The lowest BCUT2D eigenvalue weighted by Gasteiger charge is -2.16. The molecule has 0 aliphatic heterocycles. The molecule has 1 saturated carbocycles. The van der Waals surface area contributed by atoms with E-state index in [2.05, 4.69) is 5.32 Å². The number of carbonyl (C=O) groups excluding carboxylic acids is 3. The molecule has 23 heavy (non-hydrogen) atoms. The summed E-state index contributed by atoms with van der Waals surface area (Å²) in [5.74, 6) is -2.02. The second-order valence-electron chi connectivity index (χ2n) is 6.15. The minimum Gasteiger partial charge on any atom is -0.343 e. The predicted octanol–water partition coefficient (Wildman–Crippen LogP) is 1.88. The second-order valence-corrected chi connectivity index (χ2v) is 6.15. The number of Topliss-reactive ketones (excluding diaryl/α,β-unsaturated/α-hetero) is 2. The lowest BCUT2D eigenvalue weighted by atomic mass is 9.86. The first-order valence-corrected chi connectivity index (χ1v) is 7.63. The van der Waals surface area contributed by atoms with E-state index in [4.69, 9.17) is 5.26 Å². The van der Waals surface area contributed by atoms with Gasteiger partial charge in [-0.15, -0.1) is 0 Å². The van der Waals surface area contributed by atoms with E-state index in [-0.39, 0.29) is 36.9 Å². The summed E-state index contributed by atoms with van der Waals surface area (Å²) in [5.41, 5.74) is 3.74. The van der Waals surface area contributed by atoms with Gasteiger partial charge in [0.05, 0.1) is 6.07 Å². The van der Waals surface area contributed by atoms with E-state index in [1.807, 2.05) is 39.0 Å². The monoisotopic (exact) mass is 312 g/mol. The maximum Gasteiger partial charge on any atom is 0.221 e. The minimum absolute atomic E-state index is 0.0350. The third kappa shape index (κ3) is 3.48. The third-order valence-corrected chi connectivity index (χ3v) is 4.28. The molecule has 1 amide bonds. The van der Waals surface area contributed by atoms with Gasteiger partial charge in [-0.2, -0.15) is 5.26 Å². The summed E-state index contributed by atoms with van der Waals surface area (Å²) < 4.78 is 0. The van der Waals surface area contributed by atoms with Crippen LogP contribution in [0.2, 0.25) is 0 Å². The van der Waals surface area contributed by atoms with Gasteiger partial charge in [0.25, 0.3) is 0 Å². The molecule has 5 nitrogen and oxygen atoms in total. The smallest absolute Gasteiger partial charge is 0.221 e. The van der Waals surface area contributed by atoms with Crippen LogP contribution in [-0.2, 0) is 14.4 Å². The Bertz CT molecular complexity index is 692. The van der Waals surface area contributed by atoms with Crippen LogP contribution in [-0.4, -0.2) is 24.0 Å². The number of rotatable bonds is 4. The maximum absolute atomic E-state index is 12.6. The van der Waals surface area contributed by atoms with Gasteiger partial charge in [0.1, 0.15) is 18.2 Å². The number of carbonyl (C=O) groups is 3. The van der Waals surface area contributed by atoms with E-state index in [1.165, 1.54) is 0 Å². The third-order valence-electron chi connectivity index (χ3n) is 4.28. The van der Waals surface area contributed by atoms with Gasteiger partial charge in [0, 0.05) is 18.8 Å². The van der Waals surface area contributed by atoms with E-state index < -0.39 is 11.8 Å². The number of benzene rings is 1. The Morgan fingerprint density at radius 2 is 1.87 bits per heavy atom. The van der Waals surface area contributed by atoms with Crippen molar-refractivity contribution in [2.75, 3.05) is 6.54 Å². The molecule has 0 radical (unpaired) electrons. The highest BCUT2D eigenvalue weighted by Gasteiger charge is 2.43. The van der Waals surface area contributed by atoms with E-state index in [0.717, 1.165) is 22.3 Å².